The molecular formula is C62H78Br2O8. The summed E-state index contributed by atoms with van der Waals surface area (Å²) in [5.41, 5.74) is 5.26. The van der Waals surface area contributed by atoms with Crippen LogP contribution in [-0.4, -0.2) is 50.3 Å². The largest absolute Gasteiger partial charge is 0.463 e. The molecule has 3 aliphatic carbocycles. The molecule has 3 aliphatic rings. The van der Waals surface area contributed by atoms with E-state index in [0.717, 1.165) is 92.0 Å². The van der Waals surface area contributed by atoms with Gasteiger partial charge in [-0.15, -0.1) is 17.0 Å². The Morgan fingerprint density at radius 3 is 1.28 bits per heavy atom. The normalized spacial score (nSPS) is 17.3. The van der Waals surface area contributed by atoms with Crippen LogP contribution in [0.25, 0.3) is 12.2 Å². The second-order valence-electron chi connectivity index (χ2n) is 17.8. The molecule has 0 aliphatic heterocycles. The van der Waals surface area contributed by atoms with E-state index in [-0.39, 0.29) is 40.9 Å². The van der Waals surface area contributed by atoms with Gasteiger partial charge in [0.15, 0.2) is 0 Å². The van der Waals surface area contributed by atoms with Gasteiger partial charge in [-0.1, -0.05) is 190 Å². The molecule has 0 spiro atoms. The number of ether oxygens (including phenoxy) is 4. The molecule has 10 heteroatoms. The van der Waals surface area contributed by atoms with Gasteiger partial charge in [-0.3, -0.25) is 0 Å². The lowest BCUT2D eigenvalue weighted by atomic mass is 9.82. The van der Waals surface area contributed by atoms with Crippen LogP contribution in [0.5, 0.6) is 0 Å². The monoisotopic (exact) mass is 1110 g/mol. The fourth-order valence-electron chi connectivity index (χ4n) is 9.19. The molecule has 72 heavy (non-hydrogen) atoms. The van der Waals surface area contributed by atoms with Crippen LogP contribution in [0.2, 0.25) is 0 Å². The zero-order chi connectivity index (χ0) is 51.3. The summed E-state index contributed by atoms with van der Waals surface area (Å²) in [6.07, 6.45) is 25.6. The van der Waals surface area contributed by atoms with Crippen molar-refractivity contribution < 1.29 is 38.1 Å². The smallest absolute Gasteiger partial charge is 0.330 e. The van der Waals surface area contributed by atoms with Crippen LogP contribution in [0.1, 0.15) is 106 Å². The highest BCUT2D eigenvalue weighted by molar-refractivity contribution is 9.10. The number of fused-ring (bicyclic) bond motifs is 5. The van der Waals surface area contributed by atoms with Gasteiger partial charge in [-0.25, -0.2) is 19.2 Å². The predicted molar refractivity (Wildman–Crippen MR) is 303 cm³/mol. The van der Waals surface area contributed by atoms with Gasteiger partial charge < -0.3 is 18.9 Å². The first-order chi connectivity index (χ1) is 34.6. The third-order valence-corrected chi connectivity index (χ3v) is 13.2. The second-order valence-corrected chi connectivity index (χ2v) is 18.7. The Labute approximate surface area is 450 Å². The predicted octanol–water partition coefficient (Wildman–Crippen LogP) is 15.4. The number of esters is 4. The molecule has 0 N–H and O–H groups in total. The SMILES string of the molecule is Br.Brc1ccc(/C=C/c2ccccc2)cc1.C=CC(=O)OCC.C=CC(=O)OCC1CC2C3CCC(C3)C2C1.C=CC(=O)OCCCCCCCCCOC(=O)C=C.c1ccc(CCc2ccccc2)cc1. The van der Waals surface area contributed by atoms with E-state index in [0.29, 0.717) is 32.3 Å². The summed E-state index contributed by atoms with van der Waals surface area (Å²) >= 11 is 3.42. The molecule has 388 valence electrons. The first-order valence-corrected chi connectivity index (χ1v) is 26.1. The van der Waals surface area contributed by atoms with Gasteiger partial charge >= 0.3 is 23.9 Å². The lowest BCUT2D eigenvalue weighted by molar-refractivity contribution is -0.139. The molecule has 0 saturated heterocycles. The van der Waals surface area contributed by atoms with Crippen LogP contribution in [0.3, 0.4) is 0 Å². The average Bonchev–Trinajstić information content (AvgIpc) is 4.16. The number of carbonyl (C=O) groups is 4. The van der Waals surface area contributed by atoms with Gasteiger partial charge in [0, 0.05) is 28.8 Å². The summed E-state index contributed by atoms with van der Waals surface area (Å²) in [5, 5.41) is 0. The molecule has 8 nitrogen and oxygen atoms in total. The van der Waals surface area contributed by atoms with Crippen molar-refractivity contribution in [2.24, 2.45) is 29.6 Å². The fraction of sp³-hybridized carbons (Fsp3) is 0.387. The average molecular weight is 1110 g/mol. The molecule has 4 aromatic rings. The summed E-state index contributed by atoms with van der Waals surface area (Å²) in [4.78, 5) is 42.6. The Hall–Kier alpha value is -5.58. The van der Waals surface area contributed by atoms with Crippen molar-refractivity contribution >= 4 is 68.9 Å². The third kappa shape index (κ3) is 27.3. The maximum absolute atomic E-state index is 11.0. The Morgan fingerprint density at radius 1 is 0.500 bits per heavy atom. The summed E-state index contributed by atoms with van der Waals surface area (Å²) < 4.78 is 20.5. The molecule has 3 fully saturated rings. The first-order valence-electron chi connectivity index (χ1n) is 25.3. The van der Waals surface area contributed by atoms with Gasteiger partial charge in [0.25, 0.3) is 0 Å². The Bertz CT molecular complexity index is 2090. The van der Waals surface area contributed by atoms with Crippen molar-refractivity contribution in [1.29, 1.82) is 0 Å². The molecule has 4 aromatic carbocycles. The first kappa shape index (κ1) is 62.5. The number of benzene rings is 4. The molecule has 2 bridgehead atoms. The van der Waals surface area contributed by atoms with Crippen LogP contribution >= 0.6 is 32.9 Å². The minimum absolute atomic E-state index is 0. The van der Waals surface area contributed by atoms with Crippen molar-refractivity contribution in [2.45, 2.75) is 96.8 Å². The molecule has 3 saturated carbocycles. The van der Waals surface area contributed by atoms with Crippen LogP contribution in [-0.2, 0) is 51.0 Å². The van der Waals surface area contributed by atoms with E-state index in [1.165, 1.54) is 72.6 Å². The second kappa shape index (κ2) is 39.0. The molecular weight excluding hydrogens is 1030 g/mol. The van der Waals surface area contributed by atoms with E-state index < -0.39 is 0 Å². The van der Waals surface area contributed by atoms with Gasteiger partial charge in [-0.05, 0) is 129 Å². The van der Waals surface area contributed by atoms with E-state index in [4.69, 9.17) is 14.2 Å². The number of unbranched alkanes of at least 4 members (excludes halogenated alkanes) is 6. The van der Waals surface area contributed by atoms with Gasteiger partial charge in [0.1, 0.15) is 0 Å². The van der Waals surface area contributed by atoms with E-state index in [1.807, 2.05) is 30.3 Å². The Balaban J connectivity index is 0.000000315. The molecule has 4 unspecified atom stereocenters. The highest BCUT2D eigenvalue weighted by Gasteiger charge is 2.51. The number of carbonyl (C=O) groups excluding carboxylic acids is 4. The Morgan fingerprint density at radius 2 is 0.875 bits per heavy atom. The minimum Gasteiger partial charge on any atom is -0.463 e. The molecule has 4 atom stereocenters. The zero-order valence-corrected chi connectivity index (χ0v) is 45.7. The van der Waals surface area contributed by atoms with Gasteiger partial charge in [-0.2, -0.15) is 0 Å². The van der Waals surface area contributed by atoms with Crippen molar-refractivity contribution in [3.63, 3.8) is 0 Å². The van der Waals surface area contributed by atoms with Crippen molar-refractivity contribution in [1.82, 2.24) is 0 Å². The maximum Gasteiger partial charge on any atom is 0.330 e. The van der Waals surface area contributed by atoms with E-state index >= 15 is 0 Å². The summed E-state index contributed by atoms with van der Waals surface area (Å²) in [6.45, 7) is 17.0. The van der Waals surface area contributed by atoms with E-state index in [9.17, 15) is 19.2 Å². The van der Waals surface area contributed by atoms with E-state index in [1.54, 1.807) is 6.92 Å². The van der Waals surface area contributed by atoms with Crippen LogP contribution < -0.4 is 0 Å². The molecule has 0 aromatic heterocycles. The van der Waals surface area contributed by atoms with Crippen molar-refractivity contribution in [3.05, 3.63) is 193 Å². The molecule has 0 radical (unpaired) electrons. The summed E-state index contributed by atoms with van der Waals surface area (Å²) in [6, 6.07) is 39.8. The maximum atomic E-state index is 11.0. The van der Waals surface area contributed by atoms with E-state index in [2.05, 4.69) is 144 Å². The van der Waals surface area contributed by atoms with Crippen LogP contribution in [0.15, 0.2) is 170 Å². The number of halogens is 2. The number of aryl methyl sites for hydroxylation is 2. The number of hydrogen-bond donors (Lipinski definition) is 0. The van der Waals surface area contributed by atoms with Gasteiger partial charge in [0.05, 0.1) is 26.4 Å². The lowest BCUT2D eigenvalue weighted by Crippen LogP contribution is -2.15. The fourth-order valence-corrected chi connectivity index (χ4v) is 9.45. The minimum atomic E-state index is -0.359. The number of hydrogen-bond acceptors (Lipinski definition) is 8. The topological polar surface area (TPSA) is 105 Å². The van der Waals surface area contributed by atoms with Crippen LogP contribution in [0.4, 0.5) is 0 Å². The summed E-state index contributed by atoms with van der Waals surface area (Å²) in [7, 11) is 0. The molecule has 7 rings (SSSR count). The highest BCUT2D eigenvalue weighted by Crippen LogP contribution is 2.60. The van der Waals surface area contributed by atoms with Crippen LogP contribution in [0, 0.1) is 29.6 Å². The third-order valence-electron chi connectivity index (χ3n) is 12.7. The zero-order valence-electron chi connectivity index (χ0n) is 42.4. The molecule has 0 heterocycles. The highest BCUT2D eigenvalue weighted by atomic mass is 79.9. The number of rotatable bonds is 22. The summed E-state index contributed by atoms with van der Waals surface area (Å²) in [5.74, 6) is 3.25. The van der Waals surface area contributed by atoms with Crippen molar-refractivity contribution in [2.75, 3.05) is 26.4 Å². The quantitative estimate of drug-likeness (QED) is 0.0252. The lowest BCUT2D eigenvalue weighted by Gasteiger charge is -2.23. The van der Waals surface area contributed by atoms with Gasteiger partial charge in [0.2, 0.25) is 0 Å². The standard InChI is InChI=1S/C15H24O4.C14H11Br.C14H20O2.C14H14.C5H8O2.BrH/c1-3-14(16)18-12-10-8-6-5-7-9-11-13-19-15(17)4-2;15-14-10-8-13(9-11-14)7-6-12-4-2-1-3-5-12;1-2-14(15)16-8-9-5-12-10-3-4-11(7-10)13(12)6-9;1-3-7-13(8-4-1)11-12-14-9-5-2-6-10-14;1-3-5(6)7-4-2;/h3-4H,1-2,5-13H2;1-11H;2,9-13H,1,3-8H2;1-10H,11-12H2;3H,1,4H2,2H3;1H/b;7-6+;;;;. The molecule has 0 amide bonds. The van der Waals surface area contributed by atoms with Crippen molar-refractivity contribution in [3.8, 4) is 0 Å². The Kier molecular flexibility index (Phi) is 33.9.